The number of halogens is 3. The standard InChI is InChI=1S/C12H11F3N2O2/c1-17(7-10(18)12(13,14)15)11(19)9-4-2-3-8(5-9)6-16/h2-5,10,18H,7H2,1H3. The predicted octanol–water partition coefficient (Wildman–Crippen LogP) is 1.55. The minimum atomic E-state index is -4.77. The number of rotatable bonds is 3. The number of benzene rings is 1. The summed E-state index contributed by atoms with van der Waals surface area (Å²) in [6.07, 6.45) is -7.37. The highest BCUT2D eigenvalue weighted by Gasteiger charge is 2.39. The van der Waals surface area contributed by atoms with Crippen molar-refractivity contribution in [2.45, 2.75) is 12.3 Å². The van der Waals surface area contributed by atoms with Crippen molar-refractivity contribution in [2.75, 3.05) is 13.6 Å². The van der Waals surface area contributed by atoms with Gasteiger partial charge >= 0.3 is 6.18 Å². The van der Waals surface area contributed by atoms with Crippen LogP contribution in [0.5, 0.6) is 0 Å². The molecule has 0 aromatic heterocycles. The van der Waals surface area contributed by atoms with E-state index < -0.39 is 24.7 Å². The summed E-state index contributed by atoms with van der Waals surface area (Å²) in [5.41, 5.74) is 0.326. The monoisotopic (exact) mass is 272 g/mol. The van der Waals surface area contributed by atoms with Crippen molar-refractivity contribution in [3.63, 3.8) is 0 Å². The van der Waals surface area contributed by atoms with Crippen LogP contribution >= 0.6 is 0 Å². The largest absolute Gasteiger partial charge is 0.416 e. The molecule has 0 aliphatic heterocycles. The first-order valence-electron chi connectivity index (χ1n) is 5.26. The number of nitrogens with zero attached hydrogens (tertiary/aromatic N) is 2. The lowest BCUT2D eigenvalue weighted by atomic mass is 10.1. The number of likely N-dealkylation sites (N-methyl/N-ethyl adjacent to an activating group) is 1. The Labute approximate surface area is 107 Å². The maximum absolute atomic E-state index is 12.2. The Kier molecular flexibility index (Phi) is 4.51. The first kappa shape index (κ1) is 15.0. The molecule has 1 N–H and O–H groups in total. The lowest BCUT2D eigenvalue weighted by molar-refractivity contribution is -0.205. The van der Waals surface area contributed by atoms with Crippen molar-refractivity contribution >= 4 is 5.91 Å². The summed E-state index contributed by atoms with van der Waals surface area (Å²) < 4.78 is 36.5. The third kappa shape index (κ3) is 3.96. The first-order chi connectivity index (χ1) is 8.75. The van der Waals surface area contributed by atoms with Gasteiger partial charge in [-0.25, -0.2) is 0 Å². The molecule has 1 aromatic carbocycles. The fraction of sp³-hybridized carbons (Fsp3) is 0.333. The second-order valence-electron chi connectivity index (χ2n) is 3.94. The molecule has 0 saturated heterocycles. The van der Waals surface area contributed by atoms with E-state index in [1.165, 1.54) is 24.3 Å². The van der Waals surface area contributed by atoms with Gasteiger partial charge in [0.15, 0.2) is 6.10 Å². The van der Waals surface area contributed by atoms with E-state index in [2.05, 4.69) is 0 Å². The minimum Gasteiger partial charge on any atom is -0.382 e. The lowest BCUT2D eigenvalue weighted by Gasteiger charge is -2.22. The van der Waals surface area contributed by atoms with E-state index in [9.17, 15) is 18.0 Å². The smallest absolute Gasteiger partial charge is 0.382 e. The summed E-state index contributed by atoms with van der Waals surface area (Å²) in [6.45, 7) is -0.862. The number of hydrogen-bond acceptors (Lipinski definition) is 3. The molecule has 1 rings (SSSR count). The number of carbonyl (C=O) groups excluding carboxylic acids is 1. The van der Waals surface area contributed by atoms with Crippen LogP contribution in [0.1, 0.15) is 15.9 Å². The number of nitriles is 1. The molecule has 1 aromatic rings. The van der Waals surface area contributed by atoms with E-state index in [0.717, 1.165) is 11.9 Å². The molecule has 0 bridgehead atoms. The third-order valence-electron chi connectivity index (χ3n) is 2.41. The Balaban J connectivity index is 2.80. The third-order valence-corrected chi connectivity index (χ3v) is 2.41. The Bertz CT molecular complexity index is 508. The van der Waals surface area contributed by atoms with Crippen molar-refractivity contribution < 1.29 is 23.1 Å². The molecule has 1 atom stereocenters. The molecule has 0 radical (unpaired) electrons. The van der Waals surface area contributed by atoms with Gasteiger partial charge in [0.2, 0.25) is 0 Å². The number of carbonyl (C=O) groups is 1. The van der Waals surface area contributed by atoms with Gasteiger partial charge < -0.3 is 10.0 Å². The average Bonchev–Trinajstić information content (AvgIpc) is 2.36. The maximum Gasteiger partial charge on any atom is 0.416 e. The SMILES string of the molecule is CN(CC(O)C(F)(F)F)C(=O)c1cccc(C#N)c1. The predicted molar refractivity (Wildman–Crippen MR) is 60.2 cm³/mol. The van der Waals surface area contributed by atoms with Crippen molar-refractivity contribution in [2.24, 2.45) is 0 Å². The van der Waals surface area contributed by atoms with E-state index in [1.807, 2.05) is 6.07 Å². The molecule has 0 fully saturated rings. The first-order valence-corrected chi connectivity index (χ1v) is 5.26. The summed E-state index contributed by atoms with van der Waals surface area (Å²) in [7, 11) is 1.15. The molecular formula is C12H11F3N2O2. The highest BCUT2D eigenvalue weighted by Crippen LogP contribution is 2.20. The summed E-state index contributed by atoms with van der Waals surface area (Å²) in [4.78, 5) is 12.6. The van der Waals surface area contributed by atoms with E-state index >= 15 is 0 Å². The number of aliphatic hydroxyl groups is 1. The highest BCUT2D eigenvalue weighted by atomic mass is 19.4. The molecule has 1 amide bonds. The number of hydrogen-bond donors (Lipinski definition) is 1. The van der Waals surface area contributed by atoms with Gasteiger partial charge in [-0.05, 0) is 18.2 Å². The Morgan fingerprint density at radius 1 is 1.53 bits per heavy atom. The van der Waals surface area contributed by atoms with E-state index in [0.29, 0.717) is 0 Å². The van der Waals surface area contributed by atoms with Crippen LogP contribution in [0.25, 0.3) is 0 Å². The fourth-order valence-electron chi connectivity index (χ4n) is 1.39. The Morgan fingerprint density at radius 2 is 2.16 bits per heavy atom. The van der Waals surface area contributed by atoms with Gasteiger partial charge in [0.05, 0.1) is 18.2 Å². The lowest BCUT2D eigenvalue weighted by Crippen LogP contribution is -2.41. The minimum absolute atomic E-state index is 0.0934. The molecule has 0 heterocycles. The summed E-state index contributed by atoms with van der Waals surface area (Å²) in [5.74, 6) is -0.694. The van der Waals surface area contributed by atoms with Crippen LogP contribution in [0.3, 0.4) is 0 Å². The molecule has 0 aliphatic carbocycles. The van der Waals surface area contributed by atoms with Gasteiger partial charge in [-0.15, -0.1) is 0 Å². The molecule has 0 saturated carbocycles. The normalized spacial score (nSPS) is 12.6. The van der Waals surface area contributed by atoms with Crippen LogP contribution in [-0.4, -0.2) is 41.8 Å². The van der Waals surface area contributed by atoms with Crippen LogP contribution < -0.4 is 0 Å². The van der Waals surface area contributed by atoms with Gasteiger partial charge in [-0.1, -0.05) is 6.07 Å². The number of alkyl halides is 3. The van der Waals surface area contributed by atoms with Crippen LogP contribution in [-0.2, 0) is 0 Å². The molecule has 102 valence electrons. The zero-order chi connectivity index (χ0) is 14.6. The van der Waals surface area contributed by atoms with Crippen LogP contribution in [0.4, 0.5) is 13.2 Å². The average molecular weight is 272 g/mol. The molecule has 19 heavy (non-hydrogen) atoms. The zero-order valence-electron chi connectivity index (χ0n) is 9.98. The Morgan fingerprint density at radius 3 is 2.68 bits per heavy atom. The number of amides is 1. The second kappa shape index (κ2) is 5.71. The highest BCUT2D eigenvalue weighted by molar-refractivity contribution is 5.94. The molecule has 0 aliphatic rings. The Hall–Kier alpha value is -2.07. The fourth-order valence-corrected chi connectivity index (χ4v) is 1.39. The summed E-state index contributed by atoms with van der Waals surface area (Å²) in [6, 6.07) is 7.42. The van der Waals surface area contributed by atoms with Gasteiger partial charge in [0.25, 0.3) is 5.91 Å². The molecule has 4 nitrogen and oxygen atoms in total. The van der Waals surface area contributed by atoms with Gasteiger partial charge in [0.1, 0.15) is 0 Å². The van der Waals surface area contributed by atoms with Crippen molar-refractivity contribution in [3.8, 4) is 6.07 Å². The van der Waals surface area contributed by atoms with E-state index in [-0.39, 0.29) is 11.1 Å². The topological polar surface area (TPSA) is 64.3 Å². The summed E-state index contributed by atoms with van der Waals surface area (Å²) in [5, 5.41) is 17.6. The van der Waals surface area contributed by atoms with Crippen molar-refractivity contribution in [1.82, 2.24) is 4.90 Å². The van der Waals surface area contributed by atoms with Gasteiger partial charge in [0, 0.05) is 12.6 Å². The van der Waals surface area contributed by atoms with E-state index in [1.54, 1.807) is 0 Å². The van der Waals surface area contributed by atoms with Crippen molar-refractivity contribution in [1.29, 1.82) is 5.26 Å². The number of aliphatic hydroxyl groups excluding tert-OH is 1. The second-order valence-corrected chi connectivity index (χ2v) is 3.94. The molecule has 7 heteroatoms. The maximum atomic E-state index is 12.2. The van der Waals surface area contributed by atoms with Crippen LogP contribution in [0.2, 0.25) is 0 Å². The van der Waals surface area contributed by atoms with Gasteiger partial charge in [-0.3, -0.25) is 4.79 Å². The van der Waals surface area contributed by atoms with E-state index in [4.69, 9.17) is 10.4 Å². The zero-order valence-corrected chi connectivity index (χ0v) is 9.98. The van der Waals surface area contributed by atoms with Gasteiger partial charge in [-0.2, -0.15) is 18.4 Å². The molecular weight excluding hydrogens is 261 g/mol. The quantitative estimate of drug-likeness (QED) is 0.908. The summed E-state index contributed by atoms with van der Waals surface area (Å²) >= 11 is 0. The van der Waals surface area contributed by atoms with Crippen LogP contribution in [0.15, 0.2) is 24.3 Å². The molecule has 1 unspecified atom stereocenters. The van der Waals surface area contributed by atoms with Crippen molar-refractivity contribution in [3.05, 3.63) is 35.4 Å². The van der Waals surface area contributed by atoms with Crippen LogP contribution in [0, 0.1) is 11.3 Å². The molecule has 0 spiro atoms.